The fourth-order valence-corrected chi connectivity index (χ4v) is 0.478. The molecule has 1 N–H and O–H groups in total. The summed E-state index contributed by atoms with van der Waals surface area (Å²) in [7, 11) is 0. The van der Waals surface area contributed by atoms with Gasteiger partial charge in [0, 0.05) is 11.0 Å². The van der Waals surface area contributed by atoms with E-state index in [1.165, 1.54) is 0 Å². The van der Waals surface area contributed by atoms with Gasteiger partial charge in [0.25, 0.3) is 0 Å². The van der Waals surface area contributed by atoms with E-state index >= 15 is 0 Å². The Hall–Kier alpha value is 0.0200. The maximum absolute atomic E-state index is 7.12. The Labute approximate surface area is 50.0 Å². The van der Waals surface area contributed by atoms with E-state index in [1.807, 2.05) is 13.8 Å². The average Bonchev–Trinajstić information content (AvgIpc) is 1.65. The smallest absolute Gasteiger partial charge is 0.0365 e. The van der Waals surface area contributed by atoms with Crippen molar-refractivity contribution in [2.24, 2.45) is 0 Å². The van der Waals surface area contributed by atoms with Crippen molar-refractivity contribution < 1.29 is 0 Å². The van der Waals surface area contributed by atoms with E-state index in [2.05, 4.69) is 12.6 Å². The maximum atomic E-state index is 7.12. The molecule has 1 atom stereocenters. The fraction of sp³-hybridized carbons (Fsp3) is 0.800. The average molecular weight is 117 g/mol. The molecule has 0 aliphatic heterocycles. The molecule has 0 saturated carbocycles. The van der Waals surface area contributed by atoms with Crippen LogP contribution in [-0.4, -0.2) is 11.0 Å². The van der Waals surface area contributed by atoms with Gasteiger partial charge in [-0.15, -0.1) is 0 Å². The van der Waals surface area contributed by atoms with E-state index in [9.17, 15) is 0 Å². The van der Waals surface area contributed by atoms with E-state index in [1.54, 1.807) is 0 Å². The quantitative estimate of drug-likeness (QED) is 0.406. The Balaban J connectivity index is 3.35. The van der Waals surface area contributed by atoms with Crippen molar-refractivity contribution in [2.45, 2.75) is 25.5 Å². The van der Waals surface area contributed by atoms with Gasteiger partial charge in [0.15, 0.2) is 0 Å². The van der Waals surface area contributed by atoms with Crippen molar-refractivity contribution in [3.63, 3.8) is 0 Å². The second kappa shape index (κ2) is 3.08. The van der Waals surface area contributed by atoms with Crippen LogP contribution in [0.15, 0.2) is 0 Å². The highest BCUT2D eigenvalue weighted by atomic mass is 32.1. The lowest BCUT2D eigenvalue weighted by Gasteiger charge is -1.99. The van der Waals surface area contributed by atoms with Gasteiger partial charge >= 0.3 is 0 Å². The third-order valence-electron chi connectivity index (χ3n) is 0.885. The molecule has 2 heteroatoms. The second-order valence-electron chi connectivity index (χ2n) is 1.55. The van der Waals surface area contributed by atoms with E-state index in [0.717, 1.165) is 6.42 Å². The first-order chi connectivity index (χ1) is 3.18. The van der Waals surface area contributed by atoms with Crippen LogP contribution in [0.25, 0.3) is 0 Å². The number of rotatable bonds is 2. The Kier molecular flexibility index (Phi) is 3.09. The Morgan fingerprint density at radius 2 is 2.29 bits per heavy atom. The molecule has 0 fully saturated rings. The summed E-state index contributed by atoms with van der Waals surface area (Å²) in [6, 6.07) is 0. The molecule has 0 spiro atoms. The van der Waals surface area contributed by atoms with Crippen molar-refractivity contribution in [3.05, 3.63) is 0 Å². The van der Waals surface area contributed by atoms with Gasteiger partial charge in [-0.2, -0.15) is 12.6 Å². The first kappa shape index (κ1) is 7.02. The topological polar surface area (TPSA) is 23.9 Å². The molecule has 0 aliphatic carbocycles. The fourth-order valence-electron chi connectivity index (χ4n) is 0.295. The normalized spacial score (nSPS) is 13.6. The minimum Gasteiger partial charge on any atom is -0.309 e. The Morgan fingerprint density at radius 3 is 2.29 bits per heavy atom. The largest absolute Gasteiger partial charge is 0.309 e. The van der Waals surface area contributed by atoms with Crippen LogP contribution in [0.1, 0.15) is 20.3 Å². The van der Waals surface area contributed by atoms with E-state index in [4.69, 9.17) is 5.41 Å². The molecule has 42 valence electrons. The molecule has 0 aromatic rings. The highest BCUT2D eigenvalue weighted by molar-refractivity contribution is 7.81. The summed E-state index contributed by atoms with van der Waals surface area (Å²) in [6.45, 7) is 3.88. The molecular formula is C5H11NS. The lowest BCUT2D eigenvalue weighted by molar-refractivity contribution is 1.15. The second-order valence-corrected chi connectivity index (χ2v) is 2.33. The first-order valence-corrected chi connectivity index (χ1v) is 2.95. The molecular weight excluding hydrogens is 106 g/mol. The standard InChI is InChI=1S/C5H11NS/c1-3-5(6)4(2)7/h4,6-7H,3H2,1-2H3. The lowest BCUT2D eigenvalue weighted by atomic mass is 10.2. The summed E-state index contributed by atoms with van der Waals surface area (Å²) in [5.74, 6) is 0. The van der Waals surface area contributed by atoms with Crippen molar-refractivity contribution in [3.8, 4) is 0 Å². The predicted molar refractivity (Wildman–Crippen MR) is 36.5 cm³/mol. The molecule has 0 radical (unpaired) electrons. The molecule has 0 rings (SSSR count). The lowest BCUT2D eigenvalue weighted by Crippen LogP contribution is -2.06. The summed E-state index contributed by atoms with van der Waals surface area (Å²) in [6.07, 6.45) is 0.824. The van der Waals surface area contributed by atoms with Crippen molar-refractivity contribution in [2.75, 3.05) is 0 Å². The van der Waals surface area contributed by atoms with E-state index in [0.29, 0.717) is 5.71 Å². The minimum absolute atomic E-state index is 0.144. The van der Waals surface area contributed by atoms with Crippen LogP contribution in [0.3, 0.4) is 0 Å². The van der Waals surface area contributed by atoms with Crippen LogP contribution >= 0.6 is 12.6 Å². The van der Waals surface area contributed by atoms with Crippen LogP contribution in [0.5, 0.6) is 0 Å². The molecule has 0 bridgehead atoms. The molecule has 0 amide bonds. The number of hydrogen-bond donors (Lipinski definition) is 2. The monoisotopic (exact) mass is 117 g/mol. The van der Waals surface area contributed by atoms with Crippen molar-refractivity contribution in [1.82, 2.24) is 0 Å². The zero-order valence-corrected chi connectivity index (χ0v) is 5.63. The SMILES string of the molecule is CCC(=N)C(C)S. The van der Waals surface area contributed by atoms with Gasteiger partial charge in [-0.25, -0.2) is 0 Å². The minimum atomic E-state index is 0.144. The molecule has 0 heterocycles. The Morgan fingerprint density at radius 1 is 1.86 bits per heavy atom. The zero-order valence-electron chi connectivity index (χ0n) is 4.73. The predicted octanol–water partition coefficient (Wildman–Crippen LogP) is 1.73. The molecule has 0 saturated heterocycles. The molecule has 7 heavy (non-hydrogen) atoms. The van der Waals surface area contributed by atoms with Crippen LogP contribution in [0, 0.1) is 5.41 Å². The van der Waals surface area contributed by atoms with Gasteiger partial charge in [0.2, 0.25) is 0 Å². The molecule has 1 unspecified atom stereocenters. The van der Waals surface area contributed by atoms with E-state index in [-0.39, 0.29) is 5.25 Å². The molecule has 1 nitrogen and oxygen atoms in total. The van der Waals surface area contributed by atoms with Gasteiger partial charge in [0.05, 0.1) is 0 Å². The van der Waals surface area contributed by atoms with Crippen LogP contribution in [0.2, 0.25) is 0 Å². The summed E-state index contributed by atoms with van der Waals surface area (Å²) < 4.78 is 0. The highest BCUT2D eigenvalue weighted by Gasteiger charge is 1.96. The molecule has 0 aromatic heterocycles. The van der Waals surface area contributed by atoms with Gasteiger partial charge in [-0.3, -0.25) is 0 Å². The van der Waals surface area contributed by atoms with Gasteiger partial charge in [0.1, 0.15) is 0 Å². The van der Waals surface area contributed by atoms with Crippen molar-refractivity contribution >= 4 is 18.3 Å². The highest BCUT2D eigenvalue weighted by Crippen LogP contribution is 1.96. The third kappa shape index (κ3) is 2.68. The summed E-state index contributed by atoms with van der Waals surface area (Å²) >= 11 is 4.05. The first-order valence-electron chi connectivity index (χ1n) is 2.43. The third-order valence-corrected chi connectivity index (χ3v) is 1.20. The van der Waals surface area contributed by atoms with Gasteiger partial charge in [-0.1, -0.05) is 6.92 Å². The van der Waals surface area contributed by atoms with Crippen LogP contribution in [0.4, 0.5) is 0 Å². The molecule has 0 aromatic carbocycles. The van der Waals surface area contributed by atoms with Crippen LogP contribution in [-0.2, 0) is 0 Å². The van der Waals surface area contributed by atoms with Gasteiger partial charge in [-0.05, 0) is 13.3 Å². The summed E-state index contributed by atoms with van der Waals surface area (Å²) in [5.41, 5.74) is 0.711. The van der Waals surface area contributed by atoms with Gasteiger partial charge < -0.3 is 5.41 Å². The number of hydrogen-bond acceptors (Lipinski definition) is 2. The maximum Gasteiger partial charge on any atom is 0.0365 e. The van der Waals surface area contributed by atoms with Crippen LogP contribution < -0.4 is 0 Å². The molecule has 0 aliphatic rings. The number of nitrogens with one attached hydrogen (secondary N) is 1. The zero-order chi connectivity index (χ0) is 5.86. The Bertz CT molecular complexity index is 68.5. The van der Waals surface area contributed by atoms with Crippen molar-refractivity contribution in [1.29, 1.82) is 5.41 Å². The summed E-state index contributed by atoms with van der Waals surface area (Å²) in [5, 5.41) is 7.26. The number of thiol groups is 1. The summed E-state index contributed by atoms with van der Waals surface area (Å²) in [4.78, 5) is 0. The van der Waals surface area contributed by atoms with E-state index < -0.39 is 0 Å².